The molecule has 202 valence electrons. The van der Waals surface area contributed by atoms with Gasteiger partial charge >= 0.3 is 23.9 Å². The van der Waals surface area contributed by atoms with E-state index < -0.39 is 23.9 Å². The van der Waals surface area contributed by atoms with Crippen molar-refractivity contribution in [2.75, 3.05) is 0 Å². The Hall–Kier alpha value is -5.24. The molecule has 0 N–H and O–H groups in total. The van der Waals surface area contributed by atoms with Crippen molar-refractivity contribution in [3.8, 4) is 11.1 Å². The van der Waals surface area contributed by atoms with Crippen LogP contribution in [0.25, 0.3) is 34.8 Å². The predicted octanol–water partition coefficient (Wildman–Crippen LogP) is 2.29. The molecule has 0 aliphatic heterocycles. The fourth-order valence-corrected chi connectivity index (χ4v) is 4.33. The Morgan fingerprint density at radius 3 is 1.20 bits per heavy atom. The molecule has 0 atom stereocenters. The second kappa shape index (κ2) is 11.2. The van der Waals surface area contributed by atoms with Gasteiger partial charge in [0, 0.05) is 49.3 Å². The fourth-order valence-electron chi connectivity index (χ4n) is 4.33. The Balaban J connectivity index is 1.96. The summed E-state index contributed by atoms with van der Waals surface area (Å²) in [6, 6.07) is 11.0. The van der Waals surface area contributed by atoms with Crippen LogP contribution >= 0.6 is 0 Å². The molecule has 0 bridgehead atoms. The van der Waals surface area contributed by atoms with Gasteiger partial charge in [-0.1, -0.05) is 25.3 Å². The van der Waals surface area contributed by atoms with Crippen LogP contribution in [-0.4, -0.2) is 23.9 Å². The first kappa shape index (κ1) is 27.8. The fraction of sp³-hybridized carbons (Fsp3) is 0.125. The largest absolute Gasteiger partial charge is 0.427 e. The molecule has 40 heavy (non-hydrogen) atoms. The van der Waals surface area contributed by atoms with Gasteiger partial charge in [-0.2, -0.15) is 0 Å². The number of hydrogen-bond donors (Lipinski definition) is 0. The zero-order valence-corrected chi connectivity index (χ0v) is 22.5. The molecule has 0 heterocycles. The summed E-state index contributed by atoms with van der Waals surface area (Å²) >= 11 is 0. The topological polar surface area (TPSA) is 105 Å². The highest BCUT2D eigenvalue weighted by Gasteiger charge is 2.16. The van der Waals surface area contributed by atoms with Crippen LogP contribution in [0.3, 0.4) is 0 Å². The molecule has 0 amide bonds. The predicted molar refractivity (Wildman–Crippen MR) is 148 cm³/mol. The molecular weight excluding hydrogens is 512 g/mol. The van der Waals surface area contributed by atoms with Crippen LogP contribution in [-0.2, 0) is 38.1 Å². The molecule has 0 spiro atoms. The molecule has 0 saturated carbocycles. The van der Waals surface area contributed by atoms with Crippen LogP contribution in [0.15, 0.2) is 84.4 Å². The molecule has 8 nitrogen and oxygen atoms in total. The lowest BCUT2D eigenvalue weighted by Gasteiger charge is -2.09. The Labute approximate surface area is 229 Å². The highest BCUT2D eigenvalue weighted by molar-refractivity contribution is 5.81. The zero-order chi connectivity index (χ0) is 29.1. The van der Waals surface area contributed by atoms with Gasteiger partial charge in [0.2, 0.25) is 0 Å². The van der Waals surface area contributed by atoms with Crippen molar-refractivity contribution in [1.29, 1.82) is 0 Å². The van der Waals surface area contributed by atoms with Crippen molar-refractivity contribution in [2.45, 2.75) is 27.7 Å². The van der Waals surface area contributed by atoms with E-state index in [-0.39, 0.29) is 23.0 Å². The summed E-state index contributed by atoms with van der Waals surface area (Å²) in [4.78, 5) is 47.0. The molecule has 0 aromatic heterocycles. The molecule has 2 aliphatic carbocycles. The minimum Gasteiger partial charge on any atom is -0.427 e. The van der Waals surface area contributed by atoms with Gasteiger partial charge in [0.15, 0.2) is 0 Å². The molecule has 4 rings (SSSR count). The van der Waals surface area contributed by atoms with E-state index in [1.54, 1.807) is 24.3 Å². The van der Waals surface area contributed by atoms with E-state index in [9.17, 15) is 19.2 Å². The van der Waals surface area contributed by atoms with Crippen LogP contribution in [0.5, 0.6) is 0 Å². The third kappa shape index (κ3) is 6.24. The van der Waals surface area contributed by atoms with Crippen molar-refractivity contribution in [1.82, 2.24) is 0 Å². The van der Waals surface area contributed by atoms with E-state index >= 15 is 0 Å². The highest BCUT2D eigenvalue weighted by Crippen LogP contribution is 2.21. The Morgan fingerprint density at radius 2 is 0.875 bits per heavy atom. The molecule has 8 heteroatoms. The highest BCUT2D eigenvalue weighted by atomic mass is 16.5. The van der Waals surface area contributed by atoms with E-state index in [2.05, 4.69) is 13.2 Å². The molecule has 0 unspecified atom stereocenters. The SMILES string of the molecule is C=C1C=C(OC(C)=O)C=c2cc(-c3ccc4c(c3)=CC(OC(C)=O)=CC(=C)C=4OC(C)=O)ccc2=C1OC(C)=O. The zero-order valence-electron chi connectivity index (χ0n) is 22.5. The molecule has 2 aromatic rings. The molecule has 0 radical (unpaired) electrons. The van der Waals surface area contributed by atoms with Gasteiger partial charge in [-0.15, -0.1) is 0 Å². The van der Waals surface area contributed by atoms with E-state index in [4.69, 9.17) is 18.9 Å². The lowest BCUT2D eigenvalue weighted by Crippen LogP contribution is -2.29. The third-order valence-electron chi connectivity index (χ3n) is 5.75. The second-order valence-electron chi connectivity index (χ2n) is 9.07. The minimum atomic E-state index is -0.519. The first-order chi connectivity index (χ1) is 18.9. The van der Waals surface area contributed by atoms with Crippen LogP contribution in [0, 0.1) is 0 Å². The maximum absolute atomic E-state index is 11.8. The maximum atomic E-state index is 11.8. The first-order valence-corrected chi connectivity index (χ1v) is 12.2. The van der Waals surface area contributed by atoms with Gasteiger partial charge in [0.1, 0.15) is 23.0 Å². The quantitative estimate of drug-likeness (QED) is 0.422. The molecule has 2 aromatic carbocycles. The standard InChI is InChI=1S/C32H26O8/c1-17-11-27(37-19(3)33)15-25-13-23(7-9-29(25)31(17)39-21(5)35)24-8-10-30-26(14-24)16-28(38-20(4)34)12-18(2)32(30)40-22(6)36/h7-16H,1-2H2,3-6H3. The normalized spacial score (nSPS) is 14.1. The second-order valence-corrected chi connectivity index (χ2v) is 9.07. The number of rotatable bonds is 5. The summed E-state index contributed by atoms with van der Waals surface area (Å²) in [5.74, 6) is -1.08. The van der Waals surface area contributed by atoms with Crippen LogP contribution in [0.1, 0.15) is 27.7 Å². The van der Waals surface area contributed by atoms with E-state index in [1.165, 1.54) is 39.8 Å². The smallest absolute Gasteiger partial charge is 0.308 e. The number of ether oxygens (including phenoxy) is 4. The number of benzene rings is 2. The maximum Gasteiger partial charge on any atom is 0.308 e. The van der Waals surface area contributed by atoms with Crippen molar-refractivity contribution in [3.63, 3.8) is 0 Å². The van der Waals surface area contributed by atoms with Gasteiger partial charge in [-0.25, -0.2) is 0 Å². The number of esters is 4. The summed E-state index contributed by atoms with van der Waals surface area (Å²) in [7, 11) is 0. The van der Waals surface area contributed by atoms with Crippen LogP contribution < -0.4 is 20.9 Å². The number of carbonyl (C=O) groups excluding carboxylic acids is 4. The molecule has 0 fully saturated rings. The van der Waals surface area contributed by atoms with Gasteiger partial charge in [0.05, 0.1) is 0 Å². The number of fused-ring (bicyclic) bond motifs is 2. The van der Waals surface area contributed by atoms with Crippen molar-refractivity contribution >= 4 is 47.5 Å². The van der Waals surface area contributed by atoms with Gasteiger partial charge in [-0.3, -0.25) is 19.2 Å². The summed E-state index contributed by atoms with van der Waals surface area (Å²) in [5.41, 5.74) is 2.29. The monoisotopic (exact) mass is 538 g/mol. The Bertz CT molecular complexity index is 1700. The average molecular weight is 539 g/mol. The lowest BCUT2D eigenvalue weighted by molar-refractivity contribution is -0.137. The molecular formula is C32H26O8. The van der Waals surface area contributed by atoms with Crippen LogP contribution in [0.2, 0.25) is 0 Å². The average Bonchev–Trinajstić information content (AvgIpc) is 3.04. The van der Waals surface area contributed by atoms with E-state index in [0.717, 1.165) is 11.1 Å². The summed E-state index contributed by atoms with van der Waals surface area (Å²) in [6.07, 6.45) is 6.38. The molecule has 2 aliphatic rings. The Morgan fingerprint density at radius 1 is 0.525 bits per heavy atom. The van der Waals surface area contributed by atoms with Crippen molar-refractivity contribution in [3.05, 3.63) is 105 Å². The minimum absolute atomic E-state index is 0.239. The van der Waals surface area contributed by atoms with Gasteiger partial charge in [-0.05, 0) is 70.1 Å². The van der Waals surface area contributed by atoms with E-state index in [1.807, 2.05) is 24.3 Å². The van der Waals surface area contributed by atoms with Crippen molar-refractivity contribution in [2.24, 2.45) is 0 Å². The summed E-state index contributed by atoms with van der Waals surface area (Å²) in [6.45, 7) is 13.1. The Kier molecular flexibility index (Phi) is 7.81. The van der Waals surface area contributed by atoms with Gasteiger partial charge in [0.25, 0.3) is 0 Å². The summed E-state index contributed by atoms with van der Waals surface area (Å²) in [5, 5.41) is 2.43. The number of allylic oxidation sites excluding steroid dienone is 2. The first-order valence-electron chi connectivity index (χ1n) is 12.2. The van der Waals surface area contributed by atoms with Crippen molar-refractivity contribution < 1.29 is 38.1 Å². The lowest BCUT2D eigenvalue weighted by atomic mass is 10.0. The van der Waals surface area contributed by atoms with Gasteiger partial charge < -0.3 is 18.9 Å². The third-order valence-corrected chi connectivity index (χ3v) is 5.75. The number of hydrogen-bond acceptors (Lipinski definition) is 8. The number of carbonyl (C=O) groups is 4. The summed E-state index contributed by atoms with van der Waals surface area (Å²) < 4.78 is 21.6. The van der Waals surface area contributed by atoms with Crippen LogP contribution in [0.4, 0.5) is 0 Å². The van der Waals surface area contributed by atoms with E-state index in [0.29, 0.717) is 32.0 Å². The molecule has 0 saturated heterocycles.